The van der Waals surface area contributed by atoms with E-state index in [2.05, 4.69) is 49.2 Å². The van der Waals surface area contributed by atoms with Crippen LogP contribution in [-0.4, -0.2) is 45.5 Å². The maximum Gasteiger partial charge on any atom is 0.233 e. The molecule has 0 saturated heterocycles. The van der Waals surface area contributed by atoms with Gasteiger partial charge in [-0.05, 0) is 56.2 Å². The van der Waals surface area contributed by atoms with E-state index in [1.807, 2.05) is 35.9 Å². The van der Waals surface area contributed by atoms with Crippen LogP contribution < -0.4 is 4.74 Å². The van der Waals surface area contributed by atoms with Gasteiger partial charge in [0, 0.05) is 25.7 Å². The highest BCUT2D eigenvalue weighted by molar-refractivity contribution is 7.99. The van der Waals surface area contributed by atoms with Gasteiger partial charge < -0.3 is 14.2 Å². The lowest BCUT2D eigenvalue weighted by Crippen LogP contribution is -2.28. The second kappa shape index (κ2) is 9.80. The Kier molecular flexibility index (Phi) is 7.15. The average molecular weight is 425 g/mol. The van der Waals surface area contributed by atoms with Crippen LogP contribution >= 0.6 is 11.8 Å². The third-order valence-corrected chi connectivity index (χ3v) is 5.99. The Morgan fingerprint density at radius 2 is 1.87 bits per heavy atom. The second-order valence-corrected chi connectivity index (χ2v) is 8.19. The molecule has 0 fully saturated rings. The zero-order valence-corrected chi connectivity index (χ0v) is 19.0. The number of carbonyl (C=O) groups is 1. The lowest BCUT2D eigenvalue weighted by molar-refractivity contribution is -0.127. The molecule has 0 atom stereocenters. The standard InChI is InChI=1S/C23H28N4O2S/c1-6-27-22(18-9-11-20(29-5)12-10-18)24-25-23(27)30-15-21(28)26(4)14-19-8-7-16(2)13-17(19)3/h7-13H,6,14-15H2,1-5H3. The normalized spacial score (nSPS) is 10.8. The first-order valence-corrected chi connectivity index (χ1v) is 10.9. The van der Waals surface area contributed by atoms with Crippen molar-refractivity contribution >= 4 is 17.7 Å². The summed E-state index contributed by atoms with van der Waals surface area (Å²) < 4.78 is 7.25. The molecule has 0 unspecified atom stereocenters. The molecule has 0 radical (unpaired) electrons. The summed E-state index contributed by atoms with van der Waals surface area (Å²) in [6.07, 6.45) is 0. The van der Waals surface area contributed by atoms with Gasteiger partial charge in [0.25, 0.3) is 0 Å². The average Bonchev–Trinajstić information content (AvgIpc) is 3.16. The van der Waals surface area contributed by atoms with E-state index in [1.54, 1.807) is 12.0 Å². The Morgan fingerprint density at radius 3 is 2.50 bits per heavy atom. The number of thioether (sulfide) groups is 1. The van der Waals surface area contributed by atoms with Crippen LogP contribution in [0.5, 0.6) is 5.75 Å². The minimum atomic E-state index is 0.0663. The highest BCUT2D eigenvalue weighted by atomic mass is 32.2. The molecule has 1 aromatic heterocycles. The van der Waals surface area contributed by atoms with Crippen molar-refractivity contribution in [2.75, 3.05) is 19.9 Å². The smallest absolute Gasteiger partial charge is 0.233 e. The van der Waals surface area contributed by atoms with Crippen molar-refractivity contribution in [2.24, 2.45) is 0 Å². The van der Waals surface area contributed by atoms with Gasteiger partial charge >= 0.3 is 0 Å². The minimum Gasteiger partial charge on any atom is -0.497 e. The molecule has 3 rings (SSSR count). The Hall–Kier alpha value is -2.80. The van der Waals surface area contributed by atoms with Crippen molar-refractivity contribution < 1.29 is 9.53 Å². The molecule has 0 N–H and O–H groups in total. The van der Waals surface area contributed by atoms with Crippen molar-refractivity contribution in [1.29, 1.82) is 0 Å². The molecule has 0 bridgehead atoms. The fraction of sp³-hybridized carbons (Fsp3) is 0.348. The van der Waals surface area contributed by atoms with Crippen LogP contribution in [0.2, 0.25) is 0 Å². The van der Waals surface area contributed by atoms with Gasteiger partial charge in [-0.25, -0.2) is 0 Å². The highest BCUT2D eigenvalue weighted by Gasteiger charge is 2.17. The topological polar surface area (TPSA) is 60.2 Å². The molecule has 30 heavy (non-hydrogen) atoms. The minimum absolute atomic E-state index is 0.0663. The fourth-order valence-corrected chi connectivity index (χ4v) is 4.18. The van der Waals surface area contributed by atoms with Gasteiger partial charge in [0.15, 0.2) is 11.0 Å². The van der Waals surface area contributed by atoms with E-state index in [-0.39, 0.29) is 5.91 Å². The maximum atomic E-state index is 12.7. The quantitative estimate of drug-likeness (QED) is 0.504. The van der Waals surface area contributed by atoms with E-state index in [4.69, 9.17) is 4.74 Å². The van der Waals surface area contributed by atoms with E-state index in [9.17, 15) is 4.79 Å². The third kappa shape index (κ3) is 5.02. The SMILES string of the molecule is CCn1c(SCC(=O)N(C)Cc2ccc(C)cc2C)nnc1-c1ccc(OC)cc1. The number of hydrogen-bond acceptors (Lipinski definition) is 5. The molecule has 7 heteroatoms. The highest BCUT2D eigenvalue weighted by Crippen LogP contribution is 2.26. The van der Waals surface area contributed by atoms with Gasteiger partial charge in [-0.2, -0.15) is 0 Å². The van der Waals surface area contributed by atoms with Crippen LogP contribution in [-0.2, 0) is 17.9 Å². The summed E-state index contributed by atoms with van der Waals surface area (Å²) >= 11 is 1.42. The maximum absolute atomic E-state index is 12.7. The van der Waals surface area contributed by atoms with E-state index in [1.165, 1.54) is 28.5 Å². The summed E-state index contributed by atoms with van der Waals surface area (Å²) in [5.74, 6) is 1.98. The van der Waals surface area contributed by atoms with Crippen LogP contribution in [0.4, 0.5) is 0 Å². The van der Waals surface area contributed by atoms with Crippen LogP contribution in [0.25, 0.3) is 11.4 Å². The summed E-state index contributed by atoms with van der Waals surface area (Å²) in [6.45, 7) is 7.53. The molecule has 0 spiro atoms. The number of methoxy groups -OCH3 is 1. The molecule has 0 aliphatic rings. The molecule has 6 nitrogen and oxygen atoms in total. The monoisotopic (exact) mass is 424 g/mol. The summed E-state index contributed by atoms with van der Waals surface area (Å²) in [5, 5.41) is 9.42. The largest absolute Gasteiger partial charge is 0.497 e. The van der Waals surface area contributed by atoms with Crippen LogP contribution in [0, 0.1) is 13.8 Å². The Balaban J connectivity index is 1.66. The molecular formula is C23H28N4O2S. The van der Waals surface area contributed by atoms with Gasteiger partial charge in [0.1, 0.15) is 5.75 Å². The van der Waals surface area contributed by atoms with E-state index >= 15 is 0 Å². The van der Waals surface area contributed by atoms with E-state index < -0.39 is 0 Å². The van der Waals surface area contributed by atoms with Crippen molar-refractivity contribution in [2.45, 2.75) is 39.0 Å². The van der Waals surface area contributed by atoms with Crippen molar-refractivity contribution in [3.63, 3.8) is 0 Å². The fourth-order valence-electron chi connectivity index (χ4n) is 3.24. The molecule has 158 valence electrons. The molecule has 0 aliphatic heterocycles. The lowest BCUT2D eigenvalue weighted by Gasteiger charge is -2.18. The van der Waals surface area contributed by atoms with Gasteiger partial charge in [-0.15, -0.1) is 10.2 Å². The number of aromatic nitrogens is 3. The van der Waals surface area contributed by atoms with Gasteiger partial charge in [0.05, 0.1) is 12.9 Å². The number of rotatable bonds is 8. The molecule has 3 aromatic rings. The number of carbonyl (C=O) groups excluding carboxylic acids is 1. The number of aryl methyl sites for hydroxylation is 2. The molecule has 1 amide bonds. The first-order valence-electron chi connectivity index (χ1n) is 9.93. The third-order valence-electron chi connectivity index (χ3n) is 5.04. The molecular weight excluding hydrogens is 396 g/mol. The van der Waals surface area contributed by atoms with Gasteiger partial charge in [-0.3, -0.25) is 4.79 Å². The van der Waals surface area contributed by atoms with Gasteiger partial charge in [0.2, 0.25) is 5.91 Å². The van der Waals surface area contributed by atoms with Crippen molar-refractivity contribution in [3.05, 3.63) is 59.2 Å². The number of ether oxygens (including phenoxy) is 1. The number of benzene rings is 2. The zero-order valence-electron chi connectivity index (χ0n) is 18.2. The predicted octanol–water partition coefficient (Wildman–Crippen LogP) is 4.34. The molecule has 0 saturated carbocycles. The molecule has 0 aliphatic carbocycles. The number of amides is 1. The Labute approximate surface area is 182 Å². The molecule has 2 aromatic carbocycles. The second-order valence-electron chi connectivity index (χ2n) is 7.25. The van der Waals surface area contributed by atoms with E-state index in [0.29, 0.717) is 12.3 Å². The van der Waals surface area contributed by atoms with E-state index in [0.717, 1.165) is 28.8 Å². The van der Waals surface area contributed by atoms with Gasteiger partial charge in [-0.1, -0.05) is 35.5 Å². The van der Waals surface area contributed by atoms with Crippen LogP contribution in [0.1, 0.15) is 23.6 Å². The van der Waals surface area contributed by atoms with Crippen LogP contribution in [0.3, 0.4) is 0 Å². The van der Waals surface area contributed by atoms with Crippen molar-refractivity contribution in [3.8, 4) is 17.1 Å². The van der Waals surface area contributed by atoms with Crippen LogP contribution in [0.15, 0.2) is 47.6 Å². The predicted molar refractivity (Wildman–Crippen MR) is 121 cm³/mol. The lowest BCUT2D eigenvalue weighted by atomic mass is 10.1. The summed E-state index contributed by atoms with van der Waals surface area (Å²) in [6, 6.07) is 14.1. The Morgan fingerprint density at radius 1 is 1.13 bits per heavy atom. The summed E-state index contributed by atoms with van der Waals surface area (Å²) in [5.41, 5.74) is 4.57. The Bertz CT molecular complexity index is 1010. The number of nitrogens with zero attached hydrogens (tertiary/aromatic N) is 4. The summed E-state index contributed by atoms with van der Waals surface area (Å²) in [7, 11) is 3.49. The van der Waals surface area contributed by atoms with Crippen molar-refractivity contribution in [1.82, 2.24) is 19.7 Å². The summed E-state index contributed by atoms with van der Waals surface area (Å²) in [4.78, 5) is 14.4. The molecule has 1 heterocycles. The number of hydrogen-bond donors (Lipinski definition) is 0. The first-order chi connectivity index (χ1) is 14.4. The zero-order chi connectivity index (χ0) is 21.7. The first kappa shape index (κ1) is 21.9.